The smallest absolute Gasteiger partial charge is 0.137 e. The van der Waals surface area contributed by atoms with Gasteiger partial charge >= 0.3 is 0 Å². The van der Waals surface area contributed by atoms with E-state index < -0.39 is 6.17 Å². The van der Waals surface area contributed by atoms with Crippen LogP contribution in [0.2, 0.25) is 0 Å². The van der Waals surface area contributed by atoms with E-state index in [2.05, 4.69) is 43.1 Å². The van der Waals surface area contributed by atoms with Crippen LogP contribution in [0.4, 0.5) is 4.39 Å². The molecule has 0 aliphatic heterocycles. The molecule has 1 heterocycles. The summed E-state index contributed by atoms with van der Waals surface area (Å²) < 4.78 is 19.4. The van der Waals surface area contributed by atoms with E-state index in [1.165, 1.54) is 44.1 Å². The highest BCUT2D eigenvalue weighted by molar-refractivity contribution is 5.59. The Morgan fingerprint density at radius 3 is 2.21 bits per heavy atom. The second-order valence-corrected chi connectivity index (χ2v) is 8.00. The van der Waals surface area contributed by atoms with Crippen LogP contribution < -0.4 is 4.74 Å². The minimum Gasteiger partial charge on any atom is -0.489 e. The Bertz CT molecular complexity index is 653. The van der Waals surface area contributed by atoms with Gasteiger partial charge in [-0.05, 0) is 37.0 Å². The van der Waals surface area contributed by atoms with E-state index in [1.54, 1.807) is 6.20 Å². The van der Waals surface area contributed by atoms with Crippen LogP contribution in [-0.4, -0.2) is 17.8 Å². The van der Waals surface area contributed by atoms with E-state index in [9.17, 15) is 4.39 Å². The normalized spacial score (nSPS) is 12.1. The number of pyridine rings is 1. The molecular weight excluding hydrogens is 361 g/mol. The van der Waals surface area contributed by atoms with Crippen molar-refractivity contribution in [2.24, 2.45) is 0 Å². The summed E-state index contributed by atoms with van der Waals surface area (Å²) >= 11 is 0. The molecule has 0 saturated carbocycles. The molecule has 0 bridgehead atoms. The van der Waals surface area contributed by atoms with Gasteiger partial charge in [0.15, 0.2) is 0 Å². The maximum absolute atomic E-state index is 13.8. The number of hydrogen-bond donors (Lipinski definition) is 0. The van der Waals surface area contributed by atoms with Crippen LogP contribution in [0.25, 0.3) is 11.3 Å². The van der Waals surface area contributed by atoms with E-state index in [0.29, 0.717) is 12.2 Å². The lowest BCUT2D eigenvalue weighted by molar-refractivity contribution is 0.183. The third-order valence-electron chi connectivity index (χ3n) is 5.36. The molecule has 2 nitrogen and oxygen atoms in total. The number of nitrogens with zero attached hydrogens (tertiary/aromatic N) is 1. The van der Waals surface area contributed by atoms with Crippen LogP contribution in [0.3, 0.4) is 0 Å². The lowest BCUT2D eigenvalue weighted by Crippen LogP contribution is -2.12. The monoisotopic (exact) mass is 399 g/mol. The molecule has 2 rings (SSSR count). The van der Waals surface area contributed by atoms with Crippen molar-refractivity contribution in [1.29, 1.82) is 0 Å². The van der Waals surface area contributed by atoms with E-state index >= 15 is 0 Å². The number of rotatable bonds is 15. The fourth-order valence-electron chi connectivity index (χ4n) is 3.47. The minimum atomic E-state index is -0.902. The first-order valence-electron chi connectivity index (χ1n) is 11.5. The quantitative estimate of drug-likeness (QED) is 0.283. The zero-order valence-corrected chi connectivity index (χ0v) is 18.3. The van der Waals surface area contributed by atoms with E-state index in [-0.39, 0.29) is 6.61 Å². The van der Waals surface area contributed by atoms with Crippen molar-refractivity contribution in [1.82, 2.24) is 4.98 Å². The standard InChI is InChI=1S/C26H38FNO/c1-3-5-7-8-9-11-12-22-14-16-23(17-15-22)26-19-18-25(20-28-26)29-21-24(27)13-10-6-4-2/h14-20,24H,3-13,21H2,1-2H3. The third-order valence-corrected chi connectivity index (χ3v) is 5.36. The Morgan fingerprint density at radius 2 is 1.52 bits per heavy atom. The average Bonchev–Trinajstić information content (AvgIpc) is 2.76. The van der Waals surface area contributed by atoms with Crippen LogP contribution in [-0.2, 0) is 6.42 Å². The lowest BCUT2D eigenvalue weighted by Gasteiger charge is -2.10. The molecule has 0 fully saturated rings. The second-order valence-electron chi connectivity index (χ2n) is 8.00. The number of unbranched alkanes of at least 4 members (excludes halogenated alkanes) is 7. The summed E-state index contributed by atoms with van der Waals surface area (Å²) in [4.78, 5) is 4.49. The summed E-state index contributed by atoms with van der Waals surface area (Å²) in [5.74, 6) is 0.631. The number of hydrogen-bond acceptors (Lipinski definition) is 2. The Labute approximate surface area is 176 Å². The summed E-state index contributed by atoms with van der Waals surface area (Å²) in [6, 6.07) is 12.5. The van der Waals surface area contributed by atoms with Crippen LogP contribution in [0.15, 0.2) is 42.6 Å². The molecular formula is C26H38FNO. The molecule has 0 N–H and O–H groups in total. The zero-order chi connectivity index (χ0) is 20.7. The van der Waals surface area contributed by atoms with Gasteiger partial charge in [0.25, 0.3) is 0 Å². The number of aromatic nitrogens is 1. The summed E-state index contributed by atoms with van der Waals surface area (Å²) in [7, 11) is 0. The molecule has 0 radical (unpaired) electrons. The molecule has 0 amide bonds. The first kappa shape index (κ1) is 23.4. The summed E-state index contributed by atoms with van der Waals surface area (Å²) in [6.45, 7) is 4.49. The van der Waals surface area contributed by atoms with Gasteiger partial charge in [-0.25, -0.2) is 4.39 Å². The van der Waals surface area contributed by atoms with Gasteiger partial charge in [0, 0.05) is 5.56 Å². The topological polar surface area (TPSA) is 22.1 Å². The molecule has 0 spiro atoms. The maximum Gasteiger partial charge on any atom is 0.137 e. The molecule has 1 aromatic heterocycles. The minimum absolute atomic E-state index is 0.109. The number of aryl methyl sites for hydroxylation is 1. The average molecular weight is 400 g/mol. The third kappa shape index (κ3) is 9.43. The zero-order valence-electron chi connectivity index (χ0n) is 18.3. The largest absolute Gasteiger partial charge is 0.489 e. The van der Waals surface area contributed by atoms with Crippen molar-refractivity contribution in [3.63, 3.8) is 0 Å². The number of ether oxygens (including phenoxy) is 1. The van der Waals surface area contributed by atoms with Crippen molar-refractivity contribution in [2.45, 2.75) is 90.6 Å². The molecule has 1 aromatic carbocycles. The van der Waals surface area contributed by atoms with Gasteiger partial charge in [-0.2, -0.15) is 0 Å². The summed E-state index contributed by atoms with van der Waals surface area (Å²) in [5, 5.41) is 0. The van der Waals surface area contributed by atoms with Crippen molar-refractivity contribution in [2.75, 3.05) is 6.61 Å². The van der Waals surface area contributed by atoms with Crippen molar-refractivity contribution < 1.29 is 9.13 Å². The predicted octanol–water partition coefficient (Wildman–Crippen LogP) is 7.95. The second kappa shape index (κ2) is 14.1. The van der Waals surface area contributed by atoms with E-state index in [0.717, 1.165) is 36.9 Å². The fraction of sp³-hybridized carbons (Fsp3) is 0.577. The van der Waals surface area contributed by atoms with Gasteiger partial charge in [0.2, 0.25) is 0 Å². The highest BCUT2D eigenvalue weighted by atomic mass is 19.1. The SMILES string of the molecule is CCCCCCCCc1ccc(-c2ccc(OCC(F)CCCCC)cn2)cc1. The fourth-order valence-corrected chi connectivity index (χ4v) is 3.47. The number of benzene rings is 1. The van der Waals surface area contributed by atoms with Gasteiger partial charge in [0.1, 0.15) is 18.5 Å². The highest BCUT2D eigenvalue weighted by Crippen LogP contribution is 2.21. The molecule has 1 unspecified atom stereocenters. The van der Waals surface area contributed by atoms with Gasteiger partial charge in [0.05, 0.1) is 11.9 Å². The van der Waals surface area contributed by atoms with Gasteiger partial charge in [-0.1, -0.05) is 89.5 Å². The molecule has 160 valence electrons. The lowest BCUT2D eigenvalue weighted by atomic mass is 10.0. The first-order chi connectivity index (χ1) is 14.2. The molecule has 3 heteroatoms. The molecule has 0 aliphatic rings. The molecule has 0 saturated heterocycles. The molecule has 29 heavy (non-hydrogen) atoms. The van der Waals surface area contributed by atoms with Crippen molar-refractivity contribution in [3.05, 3.63) is 48.2 Å². The Kier molecular flexibility index (Phi) is 11.4. The number of alkyl halides is 1. The predicted molar refractivity (Wildman–Crippen MR) is 121 cm³/mol. The van der Waals surface area contributed by atoms with E-state index in [1.807, 2.05) is 12.1 Å². The molecule has 0 aliphatic carbocycles. The van der Waals surface area contributed by atoms with Gasteiger partial charge in [-0.3, -0.25) is 4.98 Å². The van der Waals surface area contributed by atoms with Gasteiger partial charge < -0.3 is 4.74 Å². The van der Waals surface area contributed by atoms with Crippen molar-refractivity contribution >= 4 is 0 Å². The van der Waals surface area contributed by atoms with Crippen LogP contribution in [0, 0.1) is 0 Å². The maximum atomic E-state index is 13.8. The Balaban J connectivity index is 1.74. The van der Waals surface area contributed by atoms with E-state index in [4.69, 9.17) is 4.74 Å². The molecule has 2 aromatic rings. The molecule has 1 atom stereocenters. The summed E-state index contributed by atoms with van der Waals surface area (Å²) in [6.07, 6.45) is 13.6. The van der Waals surface area contributed by atoms with Crippen molar-refractivity contribution in [3.8, 4) is 17.0 Å². The Morgan fingerprint density at radius 1 is 0.828 bits per heavy atom. The van der Waals surface area contributed by atoms with Crippen LogP contribution >= 0.6 is 0 Å². The van der Waals surface area contributed by atoms with Crippen LogP contribution in [0.1, 0.15) is 83.6 Å². The van der Waals surface area contributed by atoms with Gasteiger partial charge in [-0.15, -0.1) is 0 Å². The Hall–Kier alpha value is -1.90. The number of halogens is 1. The van der Waals surface area contributed by atoms with Crippen LogP contribution in [0.5, 0.6) is 5.75 Å². The highest BCUT2D eigenvalue weighted by Gasteiger charge is 2.08. The first-order valence-corrected chi connectivity index (χ1v) is 11.5. The summed E-state index contributed by atoms with van der Waals surface area (Å²) in [5.41, 5.74) is 3.41.